The Morgan fingerprint density at radius 1 is 1.06 bits per heavy atom. The Morgan fingerprint density at radius 2 is 1.84 bits per heavy atom. The fraction of sp³-hybridized carbons (Fsp3) is 0.0870. The minimum atomic E-state index is -0.559. The van der Waals surface area contributed by atoms with Gasteiger partial charge in [0.2, 0.25) is 17.7 Å². The molecule has 2 heterocycles. The van der Waals surface area contributed by atoms with E-state index in [9.17, 15) is 14.4 Å². The van der Waals surface area contributed by atoms with Gasteiger partial charge in [0.15, 0.2) is 0 Å². The Kier molecular flexibility index (Phi) is 5.63. The van der Waals surface area contributed by atoms with Crippen molar-refractivity contribution in [2.75, 3.05) is 5.32 Å². The van der Waals surface area contributed by atoms with Crippen molar-refractivity contribution < 1.29 is 14.3 Å². The van der Waals surface area contributed by atoms with Crippen LogP contribution in [0.2, 0.25) is 0 Å². The van der Waals surface area contributed by atoms with Crippen molar-refractivity contribution in [3.05, 3.63) is 88.5 Å². The van der Waals surface area contributed by atoms with Gasteiger partial charge >= 0.3 is 0 Å². The van der Waals surface area contributed by atoms with Crippen molar-refractivity contribution in [2.24, 2.45) is 5.73 Å². The molecule has 0 saturated heterocycles. The van der Waals surface area contributed by atoms with Crippen LogP contribution < -0.4 is 21.3 Å². The molecule has 0 aliphatic rings. The summed E-state index contributed by atoms with van der Waals surface area (Å²) < 4.78 is 6.75. The summed E-state index contributed by atoms with van der Waals surface area (Å²) in [6.45, 7) is 1.56. The maximum absolute atomic E-state index is 12.6. The van der Waals surface area contributed by atoms with Gasteiger partial charge in [-0.2, -0.15) is 5.10 Å². The molecule has 0 saturated carbocycles. The number of nitrogens with one attached hydrogen (secondary N) is 1. The van der Waals surface area contributed by atoms with Crippen LogP contribution in [0.4, 0.5) is 5.69 Å². The molecule has 4 rings (SSSR count). The number of hydrogen-bond donors (Lipinski definition) is 2. The minimum Gasteiger partial charge on any atom is -0.439 e. The molecule has 2 amide bonds. The zero-order valence-corrected chi connectivity index (χ0v) is 17.1. The van der Waals surface area contributed by atoms with Crippen molar-refractivity contribution in [3.8, 4) is 11.6 Å². The molecule has 0 unspecified atom stereocenters. The Bertz CT molecular complexity index is 1380. The fourth-order valence-electron chi connectivity index (χ4n) is 3.20. The molecule has 0 atom stereocenters. The molecular formula is C23H19N5O4. The number of nitrogens with two attached hydrogens (primary N) is 1. The normalized spacial score (nSPS) is 10.7. The zero-order chi connectivity index (χ0) is 22.7. The zero-order valence-electron chi connectivity index (χ0n) is 17.1. The van der Waals surface area contributed by atoms with E-state index >= 15 is 0 Å². The summed E-state index contributed by atoms with van der Waals surface area (Å²) in [5.74, 6) is -0.300. The number of benzene rings is 2. The van der Waals surface area contributed by atoms with Crippen LogP contribution in [0.1, 0.15) is 16.1 Å². The summed E-state index contributed by atoms with van der Waals surface area (Å²) >= 11 is 0. The highest BCUT2D eigenvalue weighted by Crippen LogP contribution is 2.21. The first-order valence-electron chi connectivity index (χ1n) is 9.71. The van der Waals surface area contributed by atoms with Crippen LogP contribution in [-0.4, -0.2) is 26.6 Å². The van der Waals surface area contributed by atoms with Crippen LogP contribution >= 0.6 is 0 Å². The third-order valence-electron chi connectivity index (χ3n) is 4.71. The van der Waals surface area contributed by atoms with Crippen molar-refractivity contribution in [3.63, 3.8) is 0 Å². The van der Waals surface area contributed by atoms with Gasteiger partial charge in [0.25, 0.3) is 5.56 Å². The lowest BCUT2D eigenvalue weighted by Crippen LogP contribution is -2.30. The molecule has 9 nitrogen and oxygen atoms in total. The number of anilines is 1. The second-order valence-electron chi connectivity index (χ2n) is 7.02. The lowest BCUT2D eigenvalue weighted by Gasteiger charge is -2.10. The number of hydrogen-bond acceptors (Lipinski definition) is 6. The van der Waals surface area contributed by atoms with E-state index in [1.54, 1.807) is 49.4 Å². The number of pyridine rings is 1. The molecule has 9 heteroatoms. The van der Waals surface area contributed by atoms with Gasteiger partial charge in [0, 0.05) is 17.0 Å². The molecule has 0 fully saturated rings. The first-order valence-corrected chi connectivity index (χ1v) is 9.71. The molecule has 2 aromatic carbocycles. The van der Waals surface area contributed by atoms with Crippen LogP contribution in [0.5, 0.6) is 11.6 Å². The number of aryl methyl sites for hydroxylation is 1. The Morgan fingerprint density at radius 3 is 2.56 bits per heavy atom. The molecule has 4 aromatic rings. The van der Waals surface area contributed by atoms with Crippen LogP contribution in [0.3, 0.4) is 0 Å². The predicted molar refractivity (Wildman–Crippen MR) is 119 cm³/mol. The first-order chi connectivity index (χ1) is 15.4. The Labute approximate surface area is 182 Å². The van der Waals surface area contributed by atoms with Crippen LogP contribution in [0.25, 0.3) is 10.8 Å². The lowest BCUT2D eigenvalue weighted by molar-refractivity contribution is -0.117. The average molecular weight is 429 g/mol. The number of nitrogens with zero attached hydrogens (tertiary/aromatic N) is 3. The molecule has 0 aliphatic heterocycles. The smallest absolute Gasteiger partial charge is 0.275 e. The largest absolute Gasteiger partial charge is 0.439 e. The summed E-state index contributed by atoms with van der Waals surface area (Å²) in [5.41, 5.74) is 6.35. The van der Waals surface area contributed by atoms with Crippen molar-refractivity contribution in [2.45, 2.75) is 13.5 Å². The van der Waals surface area contributed by atoms with Gasteiger partial charge in [-0.1, -0.05) is 24.3 Å². The van der Waals surface area contributed by atoms with E-state index in [4.69, 9.17) is 10.5 Å². The van der Waals surface area contributed by atoms with Crippen molar-refractivity contribution >= 4 is 28.3 Å². The highest BCUT2D eigenvalue weighted by Gasteiger charge is 2.11. The number of aromatic nitrogens is 3. The number of rotatable bonds is 6. The number of ether oxygens (including phenoxy) is 1. The standard InChI is InChI=1S/C23H19N5O4/c1-14-18-7-2-3-8-19(18)23(31)28(27-14)13-20(29)26-16-9-10-21(25-12-16)32-17-6-4-5-15(11-17)22(24)30/h2-12H,13H2,1H3,(H2,24,30)(H,26,29). The Balaban J connectivity index is 1.44. The number of amides is 2. The summed E-state index contributed by atoms with van der Waals surface area (Å²) in [6.07, 6.45) is 1.42. The second kappa shape index (κ2) is 8.68. The molecule has 2 aromatic heterocycles. The van der Waals surface area contributed by atoms with E-state index in [-0.39, 0.29) is 18.0 Å². The molecule has 32 heavy (non-hydrogen) atoms. The minimum absolute atomic E-state index is 0.233. The van der Waals surface area contributed by atoms with Gasteiger partial charge in [-0.05, 0) is 37.3 Å². The van der Waals surface area contributed by atoms with E-state index in [2.05, 4.69) is 15.4 Å². The maximum atomic E-state index is 12.6. The quantitative estimate of drug-likeness (QED) is 0.485. The molecule has 0 radical (unpaired) electrons. The second-order valence-corrected chi connectivity index (χ2v) is 7.02. The molecule has 0 bridgehead atoms. The Hall–Kier alpha value is -4.53. The van der Waals surface area contributed by atoms with Crippen molar-refractivity contribution in [1.29, 1.82) is 0 Å². The number of carbonyl (C=O) groups excluding carboxylic acids is 2. The third-order valence-corrected chi connectivity index (χ3v) is 4.71. The number of fused-ring (bicyclic) bond motifs is 1. The molecule has 3 N–H and O–H groups in total. The highest BCUT2D eigenvalue weighted by atomic mass is 16.5. The van der Waals surface area contributed by atoms with Gasteiger partial charge < -0.3 is 15.8 Å². The average Bonchev–Trinajstić information content (AvgIpc) is 2.79. The van der Waals surface area contributed by atoms with E-state index < -0.39 is 11.8 Å². The fourth-order valence-corrected chi connectivity index (χ4v) is 3.20. The highest BCUT2D eigenvalue weighted by molar-refractivity contribution is 5.93. The summed E-state index contributed by atoms with van der Waals surface area (Å²) in [5, 5.41) is 8.19. The van der Waals surface area contributed by atoms with Gasteiger partial charge in [-0.25, -0.2) is 9.67 Å². The predicted octanol–water partition coefficient (Wildman–Crippen LogP) is 2.63. The number of carbonyl (C=O) groups is 2. The lowest BCUT2D eigenvalue weighted by atomic mass is 10.1. The molecule has 0 aliphatic carbocycles. The van der Waals surface area contributed by atoms with Crippen LogP contribution in [-0.2, 0) is 11.3 Å². The summed E-state index contributed by atoms with van der Waals surface area (Å²) in [6, 6.07) is 16.7. The van der Waals surface area contributed by atoms with Gasteiger partial charge in [-0.15, -0.1) is 0 Å². The summed E-state index contributed by atoms with van der Waals surface area (Å²) in [7, 11) is 0. The third kappa shape index (κ3) is 4.46. The van der Waals surface area contributed by atoms with Gasteiger partial charge in [-0.3, -0.25) is 14.4 Å². The van der Waals surface area contributed by atoms with Gasteiger partial charge in [0.1, 0.15) is 12.3 Å². The summed E-state index contributed by atoms with van der Waals surface area (Å²) in [4.78, 5) is 40.5. The van der Waals surface area contributed by atoms with E-state index in [0.717, 1.165) is 10.1 Å². The van der Waals surface area contributed by atoms with Gasteiger partial charge in [0.05, 0.1) is 23.0 Å². The van der Waals surface area contributed by atoms with Crippen molar-refractivity contribution in [1.82, 2.24) is 14.8 Å². The first kappa shape index (κ1) is 20.7. The molecule has 160 valence electrons. The van der Waals surface area contributed by atoms with E-state index in [1.165, 1.54) is 12.3 Å². The van der Waals surface area contributed by atoms with E-state index in [0.29, 0.717) is 28.1 Å². The molecule has 0 spiro atoms. The SMILES string of the molecule is Cc1nn(CC(=O)Nc2ccc(Oc3cccc(C(N)=O)c3)nc2)c(=O)c2ccccc12. The van der Waals surface area contributed by atoms with Crippen LogP contribution in [0.15, 0.2) is 71.7 Å². The van der Waals surface area contributed by atoms with E-state index in [1.807, 2.05) is 12.1 Å². The monoisotopic (exact) mass is 429 g/mol. The number of primary amides is 1. The topological polar surface area (TPSA) is 129 Å². The maximum Gasteiger partial charge on any atom is 0.275 e. The van der Waals surface area contributed by atoms with Crippen LogP contribution in [0, 0.1) is 6.92 Å². The molecular weight excluding hydrogens is 410 g/mol.